The average molecular weight is 484 g/mol. The summed E-state index contributed by atoms with van der Waals surface area (Å²) >= 11 is 1.74. The normalized spacial score (nSPS) is 15.3. The van der Waals surface area contributed by atoms with Crippen molar-refractivity contribution >= 4 is 41.3 Å². The second-order valence-electron chi connectivity index (χ2n) is 6.95. The number of nitrogens with zero attached hydrogens (tertiary/aromatic N) is 2. The van der Waals surface area contributed by atoms with Crippen LogP contribution in [0.5, 0.6) is 0 Å². The number of hydrogen-bond donors (Lipinski definition) is 2. The van der Waals surface area contributed by atoms with Gasteiger partial charge in [-0.3, -0.25) is 0 Å². The summed E-state index contributed by atoms with van der Waals surface area (Å²) in [6.45, 7) is 8.77. The molecule has 142 valence electrons. The standard InChI is InChI=1S/C20H28N4S.HI/c1-4-21-19(22-13-18-15(2)24-16(3)25-18)23-14-20(10-11-20)12-17-8-6-5-7-9-17;/h5-9H,4,10-14H2,1-3H3,(H2,21,22,23);1H. The Labute approximate surface area is 177 Å². The Bertz CT molecular complexity index is 723. The van der Waals surface area contributed by atoms with E-state index in [9.17, 15) is 0 Å². The van der Waals surface area contributed by atoms with Gasteiger partial charge in [0.2, 0.25) is 0 Å². The number of halogens is 1. The van der Waals surface area contributed by atoms with E-state index in [-0.39, 0.29) is 24.0 Å². The van der Waals surface area contributed by atoms with E-state index >= 15 is 0 Å². The van der Waals surface area contributed by atoms with Crippen LogP contribution in [0.4, 0.5) is 0 Å². The van der Waals surface area contributed by atoms with E-state index in [4.69, 9.17) is 4.99 Å². The van der Waals surface area contributed by atoms with Crippen LogP contribution >= 0.6 is 35.3 Å². The van der Waals surface area contributed by atoms with E-state index in [1.165, 1.54) is 23.3 Å². The van der Waals surface area contributed by atoms with Crippen molar-refractivity contribution < 1.29 is 0 Å². The number of aromatic nitrogens is 1. The maximum Gasteiger partial charge on any atom is 0.191 e. The SMILES string of the molecule is CCNC(=NCc1sc(C)nc1C)NCC1(Cc2ccccc2)CC1.I. The number of aryl methyl sites for hydroxylation is 2. The van der Waals surface area contributed by atoms with Gasteiger partial charge in [-0.05, 0) is 51.0 Å². The summed E-state index contributed by atoms with van der Waals surface area (Å²) < 4.78 is 0. The van der Waals surface area contributed by atoms with Crippen molar-refractivity contribution in [1.29, 1.82) is 0 Å². The Morgan fingerprint density at radius 3 is 2.50 bits per heavy atom. The minimum absolute atomic E-state index is 0. The fourth-order valence-electron chi connectivity index (χ4n) is 3.11. The summed E-state index contributed by atoms with van der Waals surface area (Å²) in [5.74, 6) is 0.910. The first-order valence-electron chi connectivity index (χ1n) is 9.09. The fraction of sp³-hybridized carbons (Fsp3) is 0.500. The molecule has 1 aliphatic rings. The van der Waals surface area contributed by atoms with Gasteiger partial charge in [-0.2, -0.15) is 0 Å². The first kappa shape index (κ1) is 21.2. The van der Waals surface area contributed by atoms with E-state index in [0.29, 0.717) is 12.0 Å². The van der Waals surface area contributed by atoms with Crippen molar-refractivity contribution in [3.05, 3.63) is 51.5 Å². The van der Waals surface area contributed by atoms with Crippen molar-refractivity contribution in [3.8, 4) is 0 Å². The van der Waals surface area contributed by atoms with Gasteiger partial charge in [-0.15, -0.1) is 35.3 Å². The second-order valence-corrected chi connectivity index (χ2v) is 8.24. The van der Waals surface area contributed by atoms with Crippen molar-refractivity contribution in [1.82, 2.24) is 15.6 Å². The zero-order valence-corrected chi connectivity index (χ0v) is 19.0. The van der Waals surface area contributed by atoms with Crippen LogP contribution < -0.4 is 10.6 Å². The van der Waals surface area contributed by atoms with Gasteiger partial charge in [0.15, 0.2) is 5.96 Å². The smallest absolute Gasteiger partial charge is 0.191 e. The van der Waals surface area contributed by atoms with E-state index in [0.717, 1.165) is 36.2 Å². The molecule has 3 rings (SSSR count). The zero-order valence-electron chi connectivity index (χ0n) is 15.8. The predicted octanol–water partition coefficient (Wildman–Crippen LogP) is 4.46. The number of aliphatic imine (C=N–C) groups is 1. The van der Waals surface area contributed by atoms with E-state index < -0.39 is 0 Å². The van der Waals surface area contributed by atoms with Crippen LogP contribution in [0.3, 0.4) is 0 Å². The highest BCUT2D eigenvalue weighted by Crippen LogP contribution is 2.47. The minimum Gasteiger partial charge on any atom is -0.357 e. The summed E-state index contributed by atoms with van der Waals surface area (Å²) in [4.78, 5) is 10.5. The molecule has 0 saturated heterocycles. The van der Waals surface area contributed by atoms with Crippen molar-refractivity contribution in [2.24, 2.45) is 10.4 Å². The number of hydrogen-bond acceptors (Lipinski definition) is 3. The molecule has 1 fully saturated rings. The van der Waals surface area contributed by atoms with Crippen molar-refractivity contribution in [3.63, 3.8) is 0 Å². The number of rotatable bonds is 7. The molecule has 1 saturated carbocycles. The van der Waals surface area contributed by atoms with Crippen LogP contribution in [0.2, 0.25) is 0 Å². The molecular formula is C20H29IN4S. The summed E-state index contributed by atoms with van der Waals surface area (Å²) in [7, 11) is 0. The van der Waals surface area contributed by atoms with Gasteiger partial charge in [-0.1, -0.05) is 30.3 Å². The molecule has 4 nitrogen and oxygen atoms in total. The third-order valence-electron chi connectivity index (χ3n) is 4.73. The highest BCUT2D eigenvalue weighted by atomic mass is 127. The lowest BCUT2D eigenvalue weighted by Gasteiger charge is -2.18. The summed E-state index contributed by atoms with van der Waals surface area (Å²) in [6.07, 6.45) is 3.73. The molecule has 1 aromatic carbocycles. The van der Waals surface area contributed by atoms with Crippen molar-refractivity contribution in [2.75, 3.05) is 13.1 Å². The van der Waals surface area contributed by atoms with Gasteiger partial charge in [0.25, 0.3) is 0 Å². The third kappa shape index (κ3) is 5.94. The third-order valence-corrected chi connectivity index (χ3v) is 5.79. The largest absolute Gasteiger partial charge is 0.357 e. The van der Waals surface area contributed by atoms with Gasteiger partial charge < -0.3 is 10.6 Å². The Kier molecular flexibility index (Phi) is 7.88. The number of thiazole rings is 1. The molecule has 0 radical (unpaired) electrons. The van der Waals surface area contributed by atoms with Gasteiger partial charge in [-0.25, -0.2) is 9.98 Å². The lowest BCUT2D eigenvalue weighted by Crippen LogP contribution is -2.40. The van der Waals surface area contributed by atoms with E-state index in [1.54, 1.807) is 11.3 Å². The lowest BCUT2D eigenvalue weighted by molar-refractivity contribution is 0.492. The van der Waals surface area contributed by atoms with Crippen molar-refractivity contribution in [2.45, 2.75) is 46.6 Å². The van der Waals surface area contributed by atoms with E-state index in [1.807, 2.05) is 0 Å². The zero-order chi connectivity index (χ0) is 17.7. The van der Waals surface area contributed by atoms with Crippen LogP contribution in [0.15, 0.2) is 35.3 Å². The van der Waals surface area contributed by atoms with Gasteiger partial charge in [0, 0.05) is 18.0 Å². The topological polar surface area (TPSA) is 49.3 Å². The summed E-state index contributed by atoms with van der Waals surface area (Å²) in [6, 6.07) is 10.8. The molecule has 0 atom stereocenters. The first-order chi connectivity index (χ1) is 12.1. The van der Waals surface area contributed by atoms with Crippen LogP contribution in [-0.2, 0) is 13.0 Å². The number of nitrogens with one attached hydrogen (secondary N) is 2. The van der Waals surface area contributed by atoms with E-state index in [2.05, 4.69) is 66.7 Å². The number of guanidine groups is 1. The average Bonchev–Trinajstić information content (AvgIpc) is 3.28. The molecule has 1 heterocycles. The second kappa shape index (κ2) is 9.69. The Morgan fingerprint density at radius 2 is 1.92 bits per heavy atom. The molecule has 0 spiro atoms. The molecule has 1 aliphatic carbocycles. The van der Waals surface area contributed by atoms with Gasteiger partial charge >= 0.3 is 0 Å². The Morgan fingerprint density at radius 1 is 1.19 bits per heavy atom. The van der Waals surface area contributed by atoms with Crippen LogP contribution in [0.1, 0.15) is 40.9 Å². The molecule has 1 aromatic heterocycles. The van der Waals surface area contributed by atoms with Crippen LogP contribution in [0.25, 0.3) is 0 Å². The molecule has 0 bridgehead atoms. The summed E-state index contributed by atoms with van der Waals surface area (Å²) in [5, 5.41) is 8.04. The van der Waals surface area contributed by atoms with Gasteiger partial charge in [0.1, 0.15) is 0 Å². The quantitative estimate of drug-likeness (QED) is 0.347. The van der Waals surface area contributed by atoms with Gasteiger partial charge in [0.05, 0.1) is 17.2 Å². The fourth-order valence-corrected chi connectivity index (χ4v) is 3.97. The molecule has 0 amide bonds. The molecule has 0 aliphatic heterocycles. The summed E-state index contributed by atoms with van der Waals surface area (Å²) in [5.41, 5.74) is 2.93. The molecule has 2 aromatic rings. The monoisotopic (exact) mass is 484 g/mol. The van der Waals surface area contributed by atoms with Crippen LogP contribution in [0, 0.1) is 19.3 Å². The molecule has 2 N–H and O–H groups in total. The molecular weight excluding hydrogens is 455 g/mol. The maximum atomic E-state index is 4.76. The molecule has 0 unspecified atom stereocenters. The highest BCUT2D eigenvalue weighted by Gasteiger charge is 2.42. The lowest BCUT2D eigenvalue weighted by atomic mass is 9.96. The Balaban J connectivity index is 0.00000243. The first-order valence-corrected chi connectivity index (χ1v) is 9.91. The Hall–Kier alpha value is -1.15. The highest BCUT2D eigenvalue weighted by molar-refractivity contribution is 14.0. The van der Waals surface area contributed by atoms with Crippen LogP contribution in [-0.4, -0.2) is 24.0 Å². The maximum absolute atomic E-state index is 4.76. The predicted molar refractivity (Wildman–Crippen MR) is 122 cm³/mol. The minimum atomic E-state index is 0. The molecule has 6 heteroatoms. The number of benzene rings is 1. The molecule has 26 heavy (non-hydrogen) atoms.